The van der Waals surface area contributed by atoms with Crippen molar-refractivity contribution in [3.63, 3.8) is 0 Å². The molecule has 0 spiro atoms. The van der Waals surface area contributed by atoms with Crippen LogP contribution in [0.5, 0.6) is 0 Å². The van der Waals surface area contributed by atoms with Crippen molar-refractivity contribution in [3.05, 3.63) is 52.9 Å². The van der Waals surface area contributed by atoms with E-state index in [0.717, 1.165) is 0 Å². The van der Waals surface area contributed by atoms with Crippen molar-refractivity contribution in [2.75, 3.05) is 11.4 Å². The lowest BCUT2D eigenvalue weighted by Crippen LogP contribution is -2.32. The van der Waals surface area contributed by atoms with Gasteiger partial charge in [-0.15, -0.1) is 15.3 Å². The van der Waals surface area contributed by atoms with Crippen molar-refractivity contribution in [1.82, 2.24) is 19.8 Å². The molecule has 0 N–H and O–H groups in total. The third-order valence-electron chi connectivity index (χ3n) is 4.03. The van der Waals surface area contributed by atoms with E-state index in [1.54, 1.807) is 4.52 Å². The molecule has 0 bridgehead atoms. The highest BCUT2D eigenvalue weighted by molar-refractivity contribution is 5.48. The summed E-state index contributed by atoms with van der Waals surface area (Å²) in [6.07, 6.45) is 0.458. The molecule has 4 rings (SSSR count). The molecular weight excluding hydrogens is 288 g/mol. The largest absolute Gasteiger partial charge is 0.350 e. The van der Waals surface area contributed by atoms with Crippen LogP contribution in [0.4, 0.5) is 14.6 Å². The maximum absolute atomic E-state index is 14.0. The van der Waals surface area contributed by atoms with Gasteiger partial charge in [0.15, 0.2) is 11.5 Å². The summed E-state index contributed by atoms with van der Waals surface area (Å²) in [4.78, 5) is 1.93. The minimum Gasteiger partial charge on any atom is -0.350 e. The second kappa shape index (κ2) is 4.72. The van der Waals surface area contributed by atoms with E-state index in [1.807, 2.05) is 24.0 Å². The summed E-state index contributed by atoms with van der Waals surface area (Å²) in [6.45, 7) is 2.71. The summed E-state index contributed by atoms with van der Waals surface area (Å²) in [5.74, 6) is 0.674. The fraction of sp³-hybridized carbons (Fsp3) is 0.267. The Morgan fingerprint density at radius 3 is 2.59 bits per heavy atom. The van der Waals surface area contributed by atoms with Crippen LogP contribution in [-0.4, -0.2) is 26.4 Å². The molecule has 5 nitrogen and oxygen atoms in total. The quantitative estimate of drug-likeness (QED) is 0.692. The molecule has 0 unspecified atom stereocenters. The van der Waals surface area contributed by atoms with Gasteiger partial charge in [-0.1, -0.05) is 0 Å². The number of aryl methyl sites for hydroxylation is 1. The molecule has 0 radical (unpaired) electrons. The summed E-state index contributed by atoms with van der Waals surface area (Å²) in [7, 11) is 0. The average molecular weight is 301 g/mol. The molecular formula is C15H13F2N5. The van der Waals surface area contributed by atoms with Crippen molar-refractivity contribution < 1.29 is 8.78 Å². The molecule has 0 aliphatic carbocycles. The molecule has 0 atom stereocenters. The molecule has 0 saturated carbocycles. The summed E-state index contributed by atoms with van der Waals surface area (Å²) in [5, 5.41) is 12.4. The van der Waals surface area contributed by atoms with Gasteiger partial charge in [-0.2, -0.15) is 4.52 Å². The molecule has 1 aliphatic rings. The van der Waals surface area contributed by atoms with Crippen molar-refractivity contribution >= 4 is 11.5 Å². The van der Waals surface area contributed by atoms with Gasteiger partial charge in [0.05, 0.1) is 0 Å². The first-order valence-electron chi connectivity index (χ1n) is 7.03. The second-order valence-electron chi connectivity index (χ2n) is 5.37. The first kappa shape index (κ1) is 13.1. The van der Waals surface area contributed by atoms with Gasteiger partial charge in [-0.05, 0) is 43.2 Å². The van der Waals surface area contributed by atoms with E-state index >= 15 is 0 Å². The average Bonchev–Trinajstić information content (AvgIpc) is 2.91. The van der Waals surface area contributed by atoms with Crippen LogP contribution < -0.4 is 4.90 Å². The molecule has 112 valence electrons. The Labute approximate surface area is 125 Å². The first-order valence-corrected chi connectivity index (χ1v) is 7.03. The Hall–Kier alpha value is -2.57. The van der Waals surface area contributed by atoms with Gasteiger partial charge in [-0.25, -0.2) is 8.78 Å². The lowest BCUT2D eigenvalue weighted by molar-refractivity contribution is 0.547. The number of nitrogens with zero attached hydrogens (tertiary/aromatic N) is 5. The number of fused-ring (bicyclic) bond motifs is 2. The van der Waals surface area contributed by atoms with E-state index in [1.165, 1.54) is 12.1 Å². The van der Waals surface area contributed by atoms with Crippen LogP contribution in [0.3, 0.4) is 0 Å². The molecule has 0 fully saturated rings. The number of aromatic nitrogens is 4. The van der Waals surface area contributed by atoms with Gasteiger partial charge in [0.1, 0.15) is 17.5 Å². The van der Waals surface area contributed by atoms with E-state index in [-0.39, 0.29) is 11.6 Å². The number of benzene rings is 1. The summed E-state index contributed by atoms with van der Waals surface area (Å²) in [5.41, 5.74) is 1.54. The lowest BCUT2D eigenvalue weighted by Gasteiger charge is -2.30. The summed E-state index contributed by atoms with van der Waals surface area (Å²) < 4.78 is 29.4. The number of hydrogen-bond acceptors (Lipinski definition) is 4. The number of halogens is 2. The zero-order valence-electron chi connectivity index (χ0n) is 11.9. The Morgan fingerprint density at radius 1 is 1.00 bits per heavy atom. The number of hydrogen-bond donors (Lipinski definition) is 0. The molecule has 3 aromatic rings. The lowest BCUT2D eigenvalue weighted by atomic mass is 9.98. The minimum atomic E-state index is -0.373. The fourth-order valence-electron chi connectivity index (χ4n) is 2.84. The predicted octanol–water partition coefficient (Wildman–Crippen LogP) is 2.27. The molecule has 7 heteroatoms. The Morgan fingerprint density at radius 2 is 1.77 bits per heavy atom. The molecule has 0 saturated heterocycles. The maximum Gasteiger partial charge on any atom is 0.178 e. The van der Waals surface area contributed by atoms with E-state index in [9.17, 15) is 8.78 Å². The molecule has 22 heavy (non-hydrogen) atoms. The Kier molecular flexibility index (Phi) is 2.82. The molecule has 1 aliphatic heterocycles. The number of anilines is 1. The van der Waals surface area contributed by atoms with Gasteiger partial charge in [-0.3, -0.25) is 0 Å². The zero-order chi connectivity index (χ0) is 15.3. The summed E-state index contributed by atoms with van der Waals surface area (Å²) in [6, 6.07) is 6.01. The topological polar surface area (TPSA) is 46.3 Å². The van der Waals surface area contributed by atoms with Crippen molar-refractivity contribution in [1.29, 1.82) is 0 Å². The predicted molar refractivity (Wildman–Crippen MR) is 76.6 cm³/mol. The zero-order valence-corrected chi connectivity index (χ0v) is 11.9. The van der Waals surface area contributed by atoms with Crippen LogP contribution in [0.25, 0.3) is 5.65 Å². The van der Waals surface area contributed by atoms with Crippen LogP contribution in [0, 0.1) is 18.6 Å². The number of rotatable bonds is 1. The van der Waals surface area contributed by atoms with Crippen LogP contribution in [0.15, 0.2) is 24.3 Å². The SMILES string of the molecule is Cc1nnc2ccc(N3CCc4c(F)ccc(F)c4C3)nn12. The minimum absolute atomic E-state index is 0.304. The first-order chi connectivity index (χ1) is 10.6. The summed E-state index contributed by atoms with van der Waals surface area (Å²) >= 11 is 0. The van der Waals surface area contributed by atoms with E-state index in [4.69, 9.17) is 0 Å². The Balaban J connectivity index is 1.74. The Bertz CT molecular complexity index is 874. The highest BCUT2D eigenvalue weighted by atomic mass is 19.1. The van der Waals surface area contributed by atoms with Gasteiger partial charge >= 0.3 is 0 Å². The highest BCUT2D eigenvalue weighted by Gasteiger charge is 2.23. The van der Waals surface area contributed by atoms with Crippen LogP contribution >= 0.6 is 0 Å². The molecule has 3 heterocycles. The third kappa shape index (κ3) is 1.93. The normalized spacial score (nSPS) is 14.4. The van der Waals surface area contributed by atoms with Crippen LogP contribution in [-0.2, 0) is 13.0 Å². The van der Waals surface area contributed by atoms with Crippen LogP contribution in [0.2, 0.25) is 0 Å². The van der Waals surface area contributed by atoms with Gasteiger partial charge in [0.25, 0.3) is 0 Å². The van der Waals surface area contributed by atoms with E-state index in [0.29, 0.717) is 47.9 Å². The van der Waals surface area contributed by atoms with E-state index < -0.39 is 0 Å². The van der Waals surface area contributed by atoms with E-state index in [2.05, 4.69) is 15.3 Å². The molecule has 1 aromatic carbocycles. The molecule has 2 aromatic heterocycles. The smallest absolute Gasteiger partial charge is 0.178 e. The van der Waals surface area contributed by atoms with Crippen LogP contribution in [0.1, 0.15) is 17.0 Å². The standard InChI is InChI=1S/C15H13F2N5/c1-9-18-19-14-4-5-15(20-22(9)14)21-7-6-10-11(8-21)13(17)3-2-12(10)16/h2-5H,6-8H2,1H3. The van der Waals surface area contributed by atoms with Gasteiger partial charge in [0.2, 0.25) is 0 Å². The maximum atomic E-state index is 14.0. The van der Waals surface area contributed by atoms with Crippen molar-refractivity contribution in [3.8, 4) is 0 Å². The fourth-order valence-corrected chi connectivity index (χ4v) is 2.84. The highest BCUT2D eigenvalue weighted by Crippen LogP contribution is 2.27. The molecule has 0 amide bonds. The van der Waals surface area contributed by atoms with Gasteiger partial charge < -0.3 is 4.90 Å². The third-order valence-corrected chi connectivity index (χ3v) is 4.03. The second-order valence-corrected chi connectivity index (χ2v) is 5.37. The monoisotopic (exact) mass is 301 g/mol. The van der Waals surface area contributed by atoms with Gasteiger partial charge in [0, 0.05) is 18.7 Å². The van der Waals surface area contributed by atoms with Crippen molar-refractivity contribution in [2.45, 2.75) is 19.9 Å². The van der Waals surface area contributed by atoms with Crippen molar-refractivity contribution in [2.24, 2.45) is 0 Å².